The fraction of sp³-hybridized carbons (Fsp3) is 0.360. The van der Waals surface area contributed by atoms with Crippen LogP contribution >= 0.6 is 15.9 Å². The van der Waals surface area contributed by atoms with Crippen LogP contribution < -0.4 is 0 Å². The van der Waals surface area contributed by atoms with Gasteiger partial charge in [0, 0.05) is 0 Å². The molecule has 1 aliphatic heterocycles. The molecule has 0 amide bonds. The number of allylic oxidation sites excluding steroid dienone is 1. The second kappa shape index (κ2) is 9.37. The van der Waals surface area contributed by atoms with Gasteiger partial charge in [0.25, 0.3) is 0 Å². The van der Waals surface area contributed by atoms with Crippen LogP contribution in [0.4, 0.5) is 0 Å². The summed E-state index contributed by atoms with van der Waals surface area (Å²) in [4.78, 5) is 25.3. The average Bonchev–Trinajstić information content (AvgIpc) is 3.08. The van der Waals surface area contributed by atoms with E-state index in [-0.39, 0.29) is 17.5 Å². The zero-order valence-corrected chi connectivity index (χ0v) is 18.9. The molecule has 0 saturated carbocycles. The molecule has 0 radical (unpaired) electrons. The molecule has 5 atom stereocenters. The molecule has 5 nitrogen and oxygen atoms in total. The molecule has 0 aromatic heterocycles. The van der Waals surface area contributed by atoms with Gasteiger partial charge in [-0.3, -0.25) is 0 Å². The molecule has 1 spiro atoms. The van der Waals surface area contributed by atoms with E-state index < -0.39 is 29.6 Å². The monoisotopic (exact) mass is 484 g/mol. The summed E-state index contributed by atoms with van der Waals surface area (Å²) < 4.78 is 17.7. The van der Waals surface area contributed by atoms with Gasteiger partial charge in [-0.2, -0.15) is 0 Å². The summed E-state index contributed by atoms with van der Waals surface area (Å²) in [5.41, 5.74) is 0.464. The van der Waals surface area contributed by atoms with Crippen LogP contribution in [0.25, 0.3) is 0 Å². The second-order valence-corrected chi connectivity index (χ2v) is 8.73. The number of carbonyl (C=O) groups is 2. The lowest BCUT2D eigenvalue weighted by molar-refractivity contribution is -0.0414. The van der Waals surface area contributed by atoms with Gasteiger partial charge in [-0.05, 0) is 36.6 Å². The van der Waals surface area contributed by atoms with Crippen LogP contribution in [0.15, 0.2) is 72.8 Å². The lowest BCUT2D eigenvalue weighted by Gasteiger charge is -2.45. The van der Waals surface area contributed by atoms with E-state index in [9.17, 15) is 9.59 Å². The molecule has 1 saturated heterocycles. The van der Waals surface area contributed by atoms with E-state index in [0.717, 1.165) is 12.8 Å². The van der Waals surface area contributed by atoms with Crippen LogP contribution in [0.5, 0.6) is 0 Å². The van der Waals surface area contributed by atoms with E-state index in [0.29, 0.717) is 11.1 Å². The Hall–Kier alpha value is -2.44. The highest BCUT2D eigenvalue weighted by Gasteiger charge is 2.62. The molecule has 0 bridgehead atoms. The van der Waals surface area contributed by atoms with Crippen molar-refractivity contribution < 1.29 is 23.8 Å². The van der Waals surface area contributed by atoms with Crippen LogP contribution in [0, 0.1) is 11.3 Å². The number of halogens is 1. The van der Waals surface area contributed by atoms with Gasteiger partial charge in [-0.1, -0.05) is 77.8 Å². The Bertz CT molecular complexity index is 945. The molecular weight excluding hydrogens is 460 g/mol. The van der Waals surface area contributed by atoms with Crippen molar-refractivity contribution in [2.75, 3.05) is 6.61 Å². The zero-order valence-electron chi connectivity index (χ0n) is 17.3. The summed E-state index contributed by atoms with van der Waals surface area (Å²) in [7, 11) is 0. The maximum Gasteiger partial charge on any atom is 0.338 e. The van der Waals surface area contributed by atoms with E-state index in [4.69, 9.17) is 14.2 Å². The van der Waals surface area contributed by atoms with Gasteiger partial charge < -0.3 is 14.2 Å². The molecule has 1 heterocycles. The van der Waals surface area contributed by atoms with Gasteiger partial charge in [0.2, 0.25) is 0 Å². The number of hydrogen-bond acceptors (Lipinski definition) is 5. The lowest BCUT2D eigenvalue weighted by Crippen LogP contribution is -2.50. The molecule has 162 valence electrons. The number of hydrogen-bond donors (Lipinski definition) is 0. The van der Waals surface area contributed by atoms with Crippen LogP contribution in [0.2, 0.25) is 0 Å². The molecule has 2 aromatic carbocycles. The lowest BCUT2D eigenvalue weighted by atomic mass is 9.62. The molecule has 2 aromatic rings. The van der Waals surface area contributed by atoms with Gasteiger partial charge in [0.05, 0.1) is 16.5 Å². The van der Waals surface area contributed by atoms with E-state index in [1.165, 1.54) is 0 Å². The van der Waals surface area contributed by atoms with Gasteiger partial charge in [0.1, 0.15) is 23.8 Å². The second-order valence-electron chi connectivity index (χ2n) is 7.90. The Balaban J connectivity index is 1.54. The van der Waals surface area contributed by atoms with E-state index in [1.54, 1.807) is 48.5 Å². The van der Waals surface area contributed by atoms with Crippen molar-refractivity contribution in [3.8, 4) is 0 Å². The Morgan fingerprint density at radius 3 is 2.16 bits per heavy atom. The third-order valence-corrected chi connectivity index (χ3v) is 7.02. The van der Waals surface area contributed by atoms with Crippen LogP contribution in [0.1, 0.15) is 40.5 Å². The minimum Gasteiger partial charge on any atom is -0.459 e. The first kappa shape index (κ1) is 21.8. The predicted octanol–water partition coefficient (Wildman–Crippen LogP) is 5.16. The highest BCUT2D eigenvalue weighted by atomic mass is 79.9. The van der Waals surface area contributed by atoms with Crippen molar-refractivity contribution in [2.45, 2.75) is 37.0 Å². The van der Waals surface area contributed by atoms with Crippen LogP contribution in [-0.2, 0) is 14.2 Å². The molecule has 1 fully saturated rings. The molecule has 1 aliphatic carbocycles. The fourth-order valence-corrected chi connectivity index (χ4v) is 5.36. The van der Waals surface area contributed by atoms with Gasteiger partial charge >= 0.3 is 11.9 Å². The van der Waals surface area contributed by atoms with Gasteiger partial charge in [0.15, 0.2) is 0 Å². The maximum atomic E-state index is 12.9. The number of carbonyl (C=O) groups excluding carboxylic acids is 2. The largest absolute Gasteiger partial charge is 0.459 e. The summed E-state index contributed by atoms with van der Waals surface area (Å²) in [6.45, 7) is 2.13. The topological polar surface area (TPSA) is 61.8 Å². The number of benzene rings is 2. The Morgan fingerprint density at radius 2 is 1.61 bits per heavy atom. The molecule has 2 unspecified atom stereocenters. The van der Waals surface area contributed by atoms with Gasteiger partial charge in [-0.15, -0.1) is 0 Å². The first-order valence-corrected chi connectivity index (χ1v) is 11.4. The highest BCUT2D eigenvalue weighted by molar-refractivity contribution is 9.09. The smallest absolute Gasteiger partial charge is 0.338 e. The molecule has 6 heteroatoms. The van der Waals surface area contributed by atoms with Crippen molar-refractivity contribution in [1.82, 2.24) is 0 Å². The first-order chi connectivity index (χ1) is 15.1. The van der Waals surface area contributed by atoms with Crippen LogP contribution in [-0.4, -0.2) is 35.8 Å². The number of esters is 2. The molecular formula is C25H25BrO5. The molecule has 31 heavy (non-hydrogen) atoms. The third kappa shape index (κ3) is 4.19. The Morgan fingerprint density at radius 1 is 1.00 bits per heavy atom. The number of rotatable bonds is 7. The van der Waals surface area contributed by atoms with Crippen molar-refractivity contribution in [2.24, 2.45) is 11.3 Å². The van der Waals surface area contributed by atoms with E-state index in [2.05, 4.69) is 35.0 Å². The third-order valence-electron chi connectivity index (χ3n) is 6.01. The van der Waals surface area contributed by atoms with Gasteiger partial charge in [-0.25, -0.2) is 9.59 Å². The van der Waals surface area contributed by atoms with Crippen molar-refractivity contribution in [1.29, 1.82) is 0 Å². The summed E-state index contributed by atoms with van der Waals surface area (Å²) >= 11 is 3.66. The fourth-order valence-electron chi connectivity index (χ4n) is 4.33. The van der Waals surface area contributed by atoms with E-state index >= 15 is 0 Å². The van der Waals surface area contributed by atoms with Crippen molar-refractivity contribution >= 4 is 27.9 Å². The zero-order chi connectivity index (χ0) is 21.8. The van der Waals surface area contributed by atoms with E-state index in [1.807, 2.05) is 12.1 Å². The van der Waals surface area contributed by atoms with Crippen molar-refractivity contribution in [3.63, 3.8) is 0 Å². The Kier molecular flexibility index (Phi) is 6.58. The summed E-state index contributed by atoms with van der Waals surface area (Å²) in [6, 6.07) is 17.7. The maximum absolute atomic E-state index is 12.9. The SMILES string of the molecule is CCCC1C=C[C@@]12[C@H](OC(=O)c1ccccc1)C(COC(=O)c1ccccc1)O[C@@H]2Br. The first-order valence-electron chi connectivity index (χ1n) is 10.5. The number of ether oxygens (including phenoxy) is 3. The molecule has 4 rings (SSSR count). The standard InChI is InChI=1S/C25H25BrO5/c1-2-9-19-14-15-25(19)21(31-23(28)18-12-7-4-8-13-18)20(30-24(25)26)16-29-22(27)17-10-5-3-6-11-17/h3-8,10-15,19-21,24H,2,9,16H2,1H3/t19?,20?,21-,24+,25+/m1/s1. The summed E-state index contributed by atoms with van der Waals surface area (Å²) in [6.07, 6.45) is 5.02. The van der Waals surface area contributed by atoms with Crippen LogP contribution in [0.3, 0.4) is 0 Å². The number of alkyl halides is 1. The summed E-state index contributed by atoms with van der Waals surface area (Å²) in [5, 5.41) is -0.337. The molecule has 2 aliphatic rings. The normalized spacial score (nSPS) is 28.8. The molecule has 0 N–H and O–H groups in total. The quantitative estimate of drug-likeness (QED) is 0.308. The minimum absolute atomic E-state index is 0.00298. The Labute approximate surface area is 190 Å². The average molecular weight is 485 g/mol. The predicted molar refractivity (Wildman–Crippen MR) is 120 cm³/mol. The van der Waals surface area contributed by atoms with Crippen molar-refractivity contribution in [3.05, 3.63) is 83.9 Å². The minimum atomic E-state index is -0.575. The summed E-state index contributed by atoms with van der Waals surface area (Å²) in [5.74, 6) is -0.631. The highest BCUT2D eigenvalue weighted by Crippen LogP contribution is 2.57.